The summed E-state index contributed by atoms with van der Waals surface area (Å²) in [6, 6.07) is 0. The highest BCUT2D eigenvalue weighted by Crippen LogP contribution is 2.26. The Bertz CT molecular complexity index is 229. The van der Waals surface area contributed by atoms with E-state index in [0.717, 1.165) is 19.6 Å². The van der Waals surface area contributed by atoms with Crippen molar-refractivity contribution in [3.63, 3.8) is 0 Å². The van der Waals surface area contributed by atoms with Crippen molar-refractivity contribution in [3.8, 4) is 0 Å². The van der Waals surface area contributed by atoms with Crippen LogP contribution in [0.15, 0.2) is 0 Å². The van der Waals surface area contributed by atoms with E-state index in [-0.39, 0.29) is 11.8 Å². The molecule has 4 nitrogen and oxygen atoms in total. The molecule has 1 aliphatic heterocycles. The molecule has 0 radical (unpaired) electrons. The molecule has 5 heteroatoms. The molecule has 1 rings (SSSR count). The predicted molar refractivity (Wildman–Crippen MR) is 78.5 cm³/mol. The van der Waals surface area contributed by atoms with Gasteiger partial charge in [-0.05, 0) is 13.0 Å². The molecular formula is C14H30O4Si. The second-order valence-electron chi connectivity index (χ2n) is 5.36. The highest BCUT2D eigenvalue weighted by atomic mass is 28.4. The van der Waals surface area contributed by atoms with E-state index < -0.39 is 8.56 Å². The molecule has 19 heavy (non-hydrogen) atoms. The van der Waals surface area contributed by atoms with Gasteiger partial charge in [-0.3, -0.25) is 0 Å². The van der Waals surface area contributed by atoms with Crippen molar-refractivity contribution in [2.45, 2.75) is 63.8 Å². The fraction of sp³-hybridized carbons (Fsp3) is 1.00. The molecule has 0 saturated carbocycles. The van der Waals surface area contributed by atoms with E-state index in [1.807, 2.05) is 6.55 Å². The van der Waals surface area contributed by atoms with Crippen LogP contribution >= 0.6 is 0 Å². The number of epoxide rings is 1. The highest BCUT2D eigenvalue weighted by molar-refractivity contribution is 6.67. The lowest BCUT2D eigenvalue weighted by molar-refractivity contribution is 0.0408. The molecule has 1 fully saturated rings. The van der Waals surface area contributed by atoms with Crippen LogP contribution in [0.4, 0.5) is 0 Å². The van der Waals surface area contributed by atoms with Gasteiger partial charge in [-0.1, -0.05) is 39.0 Å². The van der Waals surface area contributed by atoms with Gasteiger partial charge in [-0.2, -0.15) is 0 Å². The maximum absolute atomic E-state index is 6.01. The molecule has 1 saturated heterocycles. The summed E-state index contributed by atoms with van der Waals surface area (Å²) in [5.74, 6) is 0. The van der Waals surface area contributed by atoms with Crippen LogP contribution in [0.5, 0.6) is 0 Å². The standard InChI is InChI=1S/C14H30O4Si/c1-5-6-7-8-9-10-11-17-14(13-12-18-13)19(4,15-2)16-3/h13-14H,5-12H2,1-4H3. The van der Waals surface area contributed by atoms with Gasteiger partial charge in [-0.25, -0.2) is 0 Å². The molecule has 1 aliphatic rings. The lowest BCUT2D eigenvalue weighted by Crippen LogP contribution is -2.53. The SMILES string of the molecule is CCCCCCCCOC(C1CO1)[Si](C)(OC)OC. The molecule has 2 unspecified atom stereocenters. The summed E-state index contributed by atoms with van der Waals surface area (Å²) in [6.07, 6.45) is 7.83. The van der Waals surface area contributed by atoms with E-state index in [4.69, 9.17) is 18.3 Å². The largest absolute Gasteiger partial charge is 0.396 e. The molecule has 0 bridgehead atoms. The maximum atomic E-state index is 6.01. The van der Waals surface area contributed by atoms with Gasteiger partial charge >= 0.3 is 8.56 Å². The second-order valence-corrected chi connectivity index (χ2v) is 8.77. The summed E-state index contributed by atoms with van der Waals surface area (Å²) in [4.78, 5) is 0. The predicted octanol–water partition coefficient (Wildman–Crippen LogP) is 3.03. The lowest BCUT2D eigenvalue weighted by Gasteiger charge is -2.30. The summed E-state index contributed by atoms with van der Waals surface area (Å²) in [6.45, 7) is 5.84. The third-order valence-corrected chi connectivity index (χ3v) is 7.01. The average Bonchev–Trinajstić information content (AvgIpc) is 3.25. The smallest absolute Gasteiger partial charge is 0.367 e. The monoisotopic (exact) mass is 290 g/mol. The second kappa shape index (κ2) is 9.08. The molecule has 0 aromatic carbocycles. The molecule has 1 heterocycles. The molecule has 114 valence electrons. The summed E-state index contributed by atoms with van der Waals surface area (Å²) in [7, 11) is 1.16. The minimum Gasteiger partial charge on any atom is -0.396 e. The number of rotatable bonds is 12. The van der Waals surface area contributed by atoms with Crippen molar-refractivity contribution >= 4 is 8.56 Å². The van der Waals surface area contributed by atoms with Gasteiger partial charge in [-0.15, -0.1) is 0 Å². The maximum Gasteiger partial charge on any atom is 0.367 e. The van der Waals surface area contributed by atoms with Crippen molar-refractivity contribution in [2.75, 3.05) is 27.4 Å². The van der Waals surface area contributed by atoms with Crippen molar-refractivity contribution in [1.82, 2.24) is 0 Å². The minimum absolute atomic E-state index is 0.00172. The van der Waals surface area contributed by atoms with E-state index in [9.17, 15) is 0 Å². The Morgan fingerprint density at radius 1 is 1.11 bits per heavy atom. The van der Waals surface area contributed by atoms with Crippen molar-refractivity contribution in [2.24, 2.45) is 0 Å². The van der Waals surface area contributed by atoms with Crippen molar-refractivity contribution < 1.29 is 18.3 Å². The third kappa shape index (κ3) is 5.91. The van der Waals surface area contributed by atoms with E-state index in [1.54, 1.807) is 14.2 Å². The van der Waals surface area contributed by atoms with Crippen LogP contribution in [0, 0.1) is 0 Å². The molecule has 0 aromatic heterocycles. The van der Waals surface area contributed by atoms with Gasteiger partial charge in [0.2, 0.25) is 0 Å². The summed E-state index contributed by atoms with van der Waals surface area (Å²) in [5.41, 5.74) is -0.00172. The normalized spacial score (nSPS) is 20.5. The van der Waals surface area contributed by atoms with Gasteiger partial charge in [0.15, 0.2) is 0 Å². The van der Waals surface area contributed by atoms with Crippen LogP contribution in [0.2, 0.25) is 6.55 Å². The van der Waals surface area contributed by atoms with Crippen LogP contribution in [0.3, 0.4) is 0 Å². The first kappa shape index (κ1) is 17.1. The first-order chi connectivity index (χ1) is 9.18. The fourth-order valence-electron chi connectivity index (χ4n) is 2.24. The van der Waals surface area contributed by atoms with Crippen LogP contribution in [0.25, 0.3) is 0 Å². The first-order valence-electron chi connectivity index (χ1n) is 7.51. The average molecular weight is 290 g/mol. The molecule has 2 atom stereocenters. The van der Waals surface area contributed by atoms with Crippen LogP contribution in [0.1, 0.15) is 45.4 Å². The summed E-state index contributed by atoms with van der Waals surface area (Å²) >= 11 is 0. The Morgan fingerprint density at radius 3 is 2.21 bits per heavy atom. The molecule has 0 amide bonds. The zero-order chi connectivity index (χ0) is 14.1. The number of unbranched alkanes of at least 4 members (excludes halogenated alkanes) is 5. The van der Waals surface area contributed by atoms with E-state index >= 15 is 0 Å². The Labute approximate surface area is 119 Å². The molecule has 0 spiro atoms. The number of hydrogen-bond donors (Lipinski definition) is 0. The summed E-state index contributed by atoms with van der Waals surface area (Å²) < 4.78 is 22.5. The Morgan fingerprint density at radius 2 is 1.68 bits per heavy atom. The van der Waals surface area contributed by atoms with Crippen molar-refractivity contribution in [1.29, 1.82) is 0 Å². The van der Waals surface area contributed by atoms with Crippen molar-refractivity contribution in [3.05, 3.63) is 0 Å². The number of ether oxygens (including phenoxy) is 2. The topological polar surface area (TPSA) is 40.2 Å². The zero-order valence-electron chi connectivity index (χ0n) is 12.9. The van der Waals surface area contributed by atoms with Gasteiger partial charge in [0.25, 0.3) is 0 Å². The van der Waals surface area contributed by atoms with Crippen LogP contribution < -0.4 is 0 Å². The first-order valence-corrected chi connectivity index (χ1v) is 9.90. The van der Waals surface area contributed by atoms with E-state index in [1.165, 1.54) is 32.1 Å². The summed E-state index contributed by atoms with van der Waals surface area (Å²) in [5, 5.41) is 0. The molecule has 0 aliphatic carbocycles. The number of hydrogen-bond acceptors (Lipinski definition) is 4. The Hall–Kier alpha value is 0.0569. The van der Waals surface area contributed by atoms with E-state index in [2.05, 4.69) is 6.92 Å². The quantitative estimate of drug-likeness (QED) is 0.315. The zero-order valence-corrected chi connectivity index (χ0v) is 13.9. The minimum atomic E-state index is -2.26. The van der Waals surface area contributed by atoms with Gasteiger partial charge < -0.3 is 18.3 Å². The van der Waals surface area contributed by atoms with Gasteiger partial charge in [0, 0.05) is 20.8 Å². The molecule has 0 N–H and O–H groups in total. The fourth-order valence-corrected chi connectivity index (χ4v) is 4.15. The van der Waals surface area contributed by atoms with Gasteiger partial charge in [0.05, 0.1) is 6.61 Å². The third-order valence-electron chi connectivity index (χ3n) is 3.82. The Kier molecular flexibility index (Phi) is 8.17. The van der Waals surface area contributed by atoms with Crippen LogP contribution in [-0.2, 0) is 18.3 Å². The lowest BCUT2D eigenvalue weighted by atomic mass is 10.1. The van der Waals surface area contributed by atoms with E-state index in [0.29, 0.717) is 0 Å². The van der Waals surface area contributed by atoms with Gasteiger partial charge in [0.1, 0.15) is 11.8 Å². The molecular weight excluding hydrogens is 260 g/mol. The Balaban J connectivity index is 2.20. The molecule has 0 aromatic rings. The highest BCUT2D eigenvalue weighted by Gasteiger charge is 2.50. The van der Waals surface area contributed by atoms with Crippen LogP contribution in [-0.4, -0.2) is 47.8 Å².